The molecule has 0 aliphatic heterocycles. The minimum Gasteiger partial charge on any atom is -0.409 e. The summed E-state index contributed by atoms with van der Waals surface area (Å²) < 4.78 is 0. The van der Waals surface area contributed by atoms with Crippen LogP contribution in [0.3, 0.4) is 0 Å². The zero-order valence-corrected chi connectivity index (χ0v) is 12.6. The zero-order valence-electron chi connectivity index (χ0n) is 11.8. The number of nitrogens with one attached hydrogen (secondary N) is 1. The van der Waals surface area contributed by atoms with Crippen molar-refractivity contribution in [3.63, 3.8) is 0 Å². The molecular weight excluding hydrogens is 264 g/mol. The Morgan fingerprint density at radius 3 is 2.53 bits per heavy atom. The normalized spacial score (nSPS) is 14.3. The van der Waals surface area contributed by atoms with Gasteiger partial charge in [0.15, 0.2) is 5.84 Å². The smallest absolute Gasteiger partial charge is 0.233 e. The van der Waals surface area contributed by atoms with Crippen molar-refractivity contribution in [2.24, 2.45) is 16.3 Å². The van der Waals surface area contributed by atoms with Gasteiger partial charge in [-0.3, -0.25) is 4.79 Å². The minimum absolute atomic E-state index is 0.116. The van der Waals surface area contributed by atoms with Gasteiger partial charge in [0, 0.05) is 4.88 Å². The van der Waals surface area contributed by atoms with E-state index in [1.807, 2.05) is 20.8 Å². The maximum absolute atomic E-state index is 12.2. The number of carbonyl (C=O) groups is 1. The van der Waals surface area contributed by atoms with Crippen molar-refractivity contribution in [3.8, 4) is 0 Å². The molecule has 0 spiro atoms. The Morgan fingerprint density at radius 2 is 2.11 bits per heavy atom. The van der Waals surface area contributed by atoms with Crippen molar-refractivity contribution < 1.29 is 10.0 Å². The van der Waals surface area contributed by atoms with Crippen LogP contribution in [0.15, 0.2) is 5.16 Å². The van der Waals surface area contributed by atoms with E-state index in [4.69, 9.17) is 10.9 Å². The maximum Gasteiger partial charge on any atom is 0.233 e. The number of hydrogen-bond acceptors (Lipinski definition) is 5. The summed E-state index contributed by atoms with van der Waals surface area (Å²) in [5.41, 5.74) is 5.38. The van der Waals surface area contributed by atoms with Crippen LogP contribution in [0.25, 0.3) is 0 Å². The molecule has 0 fully saturated rings. The van der Waals surface area contributed by atoms with Gasteiger partial charge in [0.05, 0.1) is 16.7 Å². The molecule has 0 saturated heterocycles. The number of nitrogens with zero attached hydrogens (tertiary/aromatic N) is 2. The number of aromatic nitrogens is 1. The van der Waals surface area contributed by atoms with Gasteiger partial charge in [-0.1, -0.05) is 5.16 Å². The second kappa shape index (κ2) is 5.56. The number of carbonyl (C=O) groups excluding carboxylic acids is 1. The molecule has 0 aromatic carbocycles. The summed E-state index contributed by atoms with van der Waals surface area (Å²) >= 11 is 1.55. The molecule has 1 unspecified atom stereocenters. The monoisotopic (exact) mass is 284 g/mol. The van der Waals surface area contributed by atoms with E-state index >= 15 is 0 Å². The Labute approximate surface area is 116 Å². The molecule has 1 heterocycles. The molecule has 6 nitrogen and oxygen atoms in total. The van der Waals surface area contributed by atoms with Crippen LogP contribution >= 0.6 is 11.3 Å². The van der Waals surface area contributed by atoms with E-state index < -0.39 is 5.41 Å². The third kappa shape index (κ3) is 3.23. The largest absolute Gasteiger partial charge is 0.409 e. The first-order valence-electron chi connectivity index (χ1n) is 5.93. The highest BCUT2D eigenvalue weighted by Gasteiger charge is 2.34. The van der Waals surface area contributed by atoms with E-state index in [1.54, 1.807) is 25.2 Å². The van der Waals surface area contributed by atoms with Crippen LogP contribution in [0.1, 0.15) is 42.4 Å². The van der Waals surface area contributed by atoms with Crippen LogP contribution in [0.2, 0.25) is 0 Å². The molecular formula is C12H20N4O2S. The van der Waals surface area contributed by atoms with Crippen molar-refractivity contribution >= 4 is 23.1 Å². The number of amidine groups is 1. The van der Waals surface area contributed by atoms with Crippen LogP contribution in [0, 0.1) is 19.3 Å². The van der Waals surface area contributed by atoms with Crippen molar-refractivity contribution in [1.29, 1.82) is 0 Å². The van der Waals surface area contributed by atoms with Crippen molar-refractivity contribution in [3.05, 3.63) is 15.6 Å². The fraction of sp³-hybridized carbons (Fsp3) is 0.583. The van der Waals surface area contributed by atoms with Crippen LogP contribution in [0.4, 0.5) is 0 Å². The highest BCUT2D eigenvalue weighted by Crippen LogP contribution is 2.26. The Balaban J connectivity index is 2.86. The fourth-order valence-electron chi connectivity index (χ4n) is 1.63. The average Bonchev–Trinajstić information content (AvgIpc) is 2.67. The molecule has 7 heteroatoms. The molecule has 0 aliphatic rings. The summed E-state index contributed by atoms with van der Waals surface area (Å²) in [5.74, 6) is -0.407. The lowest BCUT2D eigenvalue weighted by Crippen LogP contribution is -2.46. The van der Waals surface area contributed by atoms with E-state index in [1.165, 1.54) is 0 Å². The minimum atomic E-state index is -1.06. The van der Waals surface area contributed by atoms with Gasteiger partial charge in [-0.2, -0.15) is 0 Å². The van der Waals surface area contributed by atoms with Crippen LogP contribution in [0.5, 0.6) is 0 Å². The molecule has 106 valence electrons. The highest BCUT2D eigenvalue weighted by molar-refractivity contribution is 7.11. The summed E-state index contributed by atoms with van der Waals surface area (Å²) in [7, 11) is 0. The Morgan fingerprint density at radius 1 is 1.53 bits per heavy atom. The lowest BCUT2D eigenvalue weighted by atomic mass is 9.90. The lowest BCUT2D eigenvalue weighted by molar-refractivity contribution is -0.127. The predicted molar refractivity (Wildman–Crippen MR) is 75.3 cm³/mol. The van der Waals surface area contributed by atoms with Crippen LogP contribution in [-0.4, -0.2) is 21.9 Å². The standard InChI is InChI=1S/C12H20N4O2S/c1-6-9(19-8(3)14-6)7(2)15-11(17)12(4,5)10(13)16-18/h7,18H,1-5H3,(H2,13,16)(H,15,17). The quantitative estimate of drug-likeness (QED) is 0.339. The topological polar surface area (TPSA) is 101 Å². The Kier molecular flexibility index (Phi) is 4.52. The molecule has 1 rings (SSSR count). The zero-order chi connectivity index (χ0) is 14.8. The molecule has 1 aromatic rings. The van der Waals surface area contributed by atoms with E-state index in [0.717, 1.165) is 15.6 Å². The molecule has 0 radical (unpaired) electrons. The fourth-order valence-corrected chi connectivity index (χ4v) is 2.56. The SMILES string of the molecule is Cc1nc(C)c(C(C)NC(=O)C(C)(C)C(N)=NO)s1. The highest BCUT2D eigenvalue weighted by atomic mass is 32.1. The number of nitrogens with two attached hydrogens (primary N) is 1. The second-order valence-electron chi connectivity index (χ2n) is 4.99. The van der Waals surface area contributed by atoms with Crippen molar-refractivity contribution in [2.45, 2.75) is 40.7 Å². The predicted octanol–water partition coefficient (Wildman–Crippen LogP) is 1.71. The summed E-state index contributed by atoms with van der Waals surface area (Å²) in [5, 5.41) is 15.4. The summed E-state index contributed by atoms with van der Waals surface area (Å²) in [6.45, 7) is 8.94. The van der Waals surface area contributed by atoms with Crippen LogP contribution in [-0.2, 0) is 4.79 Å². The molecule has 1 aromatic heterocycles. The number of aryl methyl sites for hydroxylation is 2. The molecule has 0 aliphatic carbocycles. The lowest BCUT2D eigenvalue weighted by Gasteiger charge is -2.24. The maximum atomic E-state index is 12.2. The third-order valence-electron chi connectivity index (χ3n) is 3.00. The second-order valence-corrected chi connectivity index (χ2v) is 6.22. The van der Waals surface area contributed by atoms with Gasteiger partial charge in [-0.15, -0.1) is 11.3 Å². The van der Waals surface area contributed by atoms with E-state index in [0.29, 0.717) is 0 Å². The van der Waals surface area contributed by atoms with Crippen LogP contribution < -0.4 is 11.1 Å². The molecule has 1 atom stereocenters. The van der Waals surface area contributed by atoms with Crippen molar-refractivity contribution in [1.82, 2.24) is 10.3 Å². The molecule has 4 N–H and O–H groups in total. The number of rotatable bonds is 4. The van der Waals surface area contributed by atoms with E-state index in [9.17, 15) is 4.79 Å². The Hall–Kier alpha value is -1.63. The molecule has 0 bridgehead atoms. The van der Waals surface area contributed by atoms with Gasteiger partial charge in [0.25, 0.3) is 0 Å². The molecule has 0 saturated carbocycles. The first-order chi connectivity index (χ1) is 8.70. The summed E-state index contributed by atoms with van der Waals surface area (Å²) in [4.78, 5) is 17.5. The summed E-state index contributed by atoms with van der Waals surface area (Å²) in [6.07, 6.45) is 0. The van der Waals surface area contributed by atoms with Gasteiger partial charge in [0.1, 0.15) is 5.41 Å². The van der Waals surface area contributed by atoms with Gasteiger partial charge in [-0.05, 0) is 34.6 Å². The van der Waals surface area contributed by atoms with Gasteiger partial charge in [0.2, 0.25) is 5.91 Å². The first-order valence-corrected chi connectivity index (χ1v) is 6.74. The number of amides is 1. The molecule has 1 amide bonds. The molecule has 19 heavy (non-hydrogen) atoms. The Bertz CT molecular complexity index is 508. The van der Waals surface area contributed by atoms with E-state index in [2.05, 4.69) is 15.5 Å². The van der Waals surface area contributed by atoms with Gasteiger partial charge in [-0.25, -0.2) is 4.98 Å². The first kappa shape index (κ1) is 15.4. The average molecular weight is 284 g/mol. The third-order valence-corrected chi connectivity index (χ3v) is 4.25. The van der Waals surface area contributed by atoms with Crippen molar-refractivity contribution in [2.75, 3.05) is 0 Å². The summed E-state index contributed by atoms with van der Waals surface area (Å²) in [6, 6.07) is -0.163. The van der Waals surface area contributed by atoms with Gasteiger partial charge >= 0.3 is 0 Å². The number of oxime groups is 1. The number of hydrogen-bond donors (Lipinski definition) is 3. The number of thiazole rings is 1. The van der Waals surface area contributed by atoms with Gasteiger partial charge < -0.3 is 16.3 Å². The van der Waals surface area contributed by atoms with E-state index in [-0.39, 0.29) is 17.8 Å².